The lowest BCUT2D eigenvalue weighted by molar-refractivity contribution is 0.0771. The number of hydrogen-bond donors (Lipinski definition) is 0. The third-order valence-electron chi connectivity index (χ3n) is 3.38. The number of fused-ring (bicyclic) bond motifs is 1. The molecule has 2 aliphatic heterocycles. The van der Waals surface area contributed by atoms with Crippen molar-refractivity contribution in [2.75, 3.05) is 31.8 Å². The molecule has 0 N–H and O–H groups in total. The van der Waals surface area contributed by atoms with Crippen molar-refractivity contribution in [2.24, 2.45) is 0 Å². The zero-order valence-corrected chi connectivity index (χ0v) is 10.4. The van der Waals surface area contributed by atoms with Gasteiger partial charge in [0, 0.05) is 25.7 Å². The number of carbonyl (C=O) groups is 1. The zero-order chi connectivity index (χ0) is 12.5. The number of ether oxygens (including phenoxy) is 1. The van der Waals surface area contributed by atoms with Crippen LogP contribution >= 0.6 is 0 Å². The molecule has 4 nitrogen and oxygen atoms in total. The summed E-state index contributed by atoms with van der Waals surface area (Å²) in [4.78, 5) is 16.2. The molecule has 1 amide bonds. The number of amides is 1. The third-order valence-corrected chi connectivity index (χ3v) is 3.38. The molecule has 0 radical (unpaired) electrons. The molecule has 18 heavy (non-hydrogen) atoms. The number of benzene rings is 1. The van der Waals surface area contributed by atoms with Crippen LogP contribution < -0.4 is 9.64 Å². The molecule has 0 atom stereocenters. The molecule has 0 saturated carbocycles. The molecule has 1 aromatic rings. The average Bonchev–Trinajstić information content (AvgIpc) is 2.80. The maximum atomic E-state index is 12.3. The highest BCUT2D eigenvalue weighted by molar-refractivity contribution is 5.96. The van der Waals surface area contributed by atoms with E-state index in [1.54, 1.807) is 0 Å². The Balaban J connectivity index is 1.86. The van der Waals surface area contributed by atoms with Crippen LogP contribution in [0.15, 0.2) is 30.4 Å². The van der Waals surface area contributed by atoms with E-state index >= 15 is 0 Å². The second-order valence-corrected chi connectivity index (χ2v) is 4.67. The Morgan fingerprint density at radius 3 is 3.00 bits per heavy atom. The first-order valence-corrected chi connectivity index (χ1v) is 6.18. The van der Waals surface area contributed by atoms with Gasteiger partial charge in [0.1, 0.15) is 5.75 Å². The van der Waals surface area contributed by atoms with E-state index in [0.29, 0.717) is 13.3 Å². The molecule has 0 bridgehead atoms. The summed E-state index contributed by atoms with van der Waals surface area (Å²) >= 11 is 0. The zero-order valence-electron chi connectivity index (χ0n) is 10.4. The molecule has 0 spiro atoms. The molecule has 1 aromatic carbocycles. The highest BCUT2D eigenvalue weighted by Crippen LogP contribution is 2.33. The van der Waals surface area contributed by atoms with E-state index in [9.17, 15) is 4.79 Å². The minimum Gasteiger partial charge on any atom is -0.471 e. The van der Waals surface area contributed by atoms with Crippen LogP contribution in [-0.2, 0) is 0 Å². The molecule has 0 aromatic heterocycles. The quantitative estimate of drug-likeness (QED) is 0.707. The third kappa shape index (κ3) is 1.83. The summed E-state index contributed by atoms with van der Waals surface area (Å²) in [5.41, 5.74) is 1.73. The van der Waals surface area contributed by atoms with Gasteiger partial charge in [0.2, 0.25) is 0 Å². The fourth-order valence-electron chi connectivity index (χ4n) is 2.31. The molecule has 2 aliphatic rings. The average molecular weight is 244 g/mol. The van der Waals surface area contributed by atoms with Crippen LogP contribution in [0.5, 0.6) is 5.75 Å². The largest absolute Gasteiger partial charge is 0.471 e. The lowest BCUT2D eigenvalue weighted by Crippen LogP contribution is -2.33. The van der Waals surface area contributed by atoms with E-state index < -0.39 is 0 Å². The number of anilines is 1. The first-order chi connectivity index (χ1) is 8.75. The fraction of sp³-hybridized carbons (Fsp3) is 0.357. The smallest absolute Gasteiger partial charge is 0.254 e. The molecule has 2 heterocycles. The fourth-order valence-corrected chi connectivity index (χ4v) is 2.31. The van der Waals surface area contributed by atoms with Gasteiger partial charge < -0.3 is 14.5 Å². The Bertz CT molecular complexity index is 511. The predicted molar refractivity (Wildman–Crippen MR) is 70.0 cm³/mol. The summed E-state index contributed by atoms with van der Waals surface area (Å²) in [7, 11) is 1.96. The van der Waals surface area contributed by atoms with Gasteiger partial charge in [0.25, 0.3) is 5.91 Å². The van der Waals surface area contributed by atoms with Gasteiger partial charge in [-0.1, -0.05) is 12.2 Å². The van der Waals surface area contributed by atoms with Gasteiger partial charge in [0.05, 0.1) is 5.69 Å². The van der Waals surface area contributed by atoms with Gasteiger partial charge in [-0.15, -0.1) is 0 Å². The standard InChI is InChI=1S/C14H16N2O2/c1-15-10-18-13-6-5-11(9-12(13)15)14(17)16-7-3-2-4-8-16/h2-3,5-6,9H,4,7-8,10H2,1H3. The van der Waals surface area contributed by atoms with E-state index in [0.717, 1.165) is 30.0 Å². The van der Waals surface area contributed by atoms with Gasteiger partial charge in [-0.2, -0.15) is 0 Å². The highest BCUT2D eigenvalue weighted by Gasteiger charge is 2.21. The second-order valence-electron chi connectivity index (χ2n) is 4.67. The lowest BCUT2D eigenvalue weighted by Gasteiger charge is -2.23. The molecule has 0 fully saturated rings. The van der Waals surface area contributed by atoms with Gasteiger partial charge >= 0.3 is 0 Å². The predicted octanol–water partition coefficient (Wildman–Crippen LogP) is 1.87. The van der Waals surface area contributed by atoms with Gasteiger partial charge in [0.15, 0.2) is 6.73 Å². The normalized spacial score (nSPS) is 17.6. The van der Waals surface area contributed by atoms with Crippen LogP contribution in [0, 0.1) is 0 Å². The van der Waals surface area contributed by atoms with Gasteiger partial charge in [-0.05, 0) is 24.6 Å². The van der Waals surface area contributed by atoms with E-state index in [1.165, 1.54) is 0 Å². The van der Waals surface area contributed by atoms with Crippen LogP contribution in [-0.4, -0.2) is 37.7 Å². The van der Waals surface area contributed by atoms with Crippen molar-refractivity contribution < 1.29 is 9.53 Å². The Morgan fingerprint density at radius 1 is 1.33 bits per heavy atom. The first-order valence-electron chi connectivity index (χ1n) is 6.18. The second kappa shape index (κ2) is 4.37. The number of nitrogens with zero attached hydrogens (tertiary/aromatic N) is 2. The van der Waals surface area contributed by atoms with Gasteiger partial charge in [-0.3, -0.25) is 4.79 Å². The molecule has 0 unspecified atom stereocenters. The highest BCUT2D eigenvalue weighted by atomic mass is 16.5. The molecular formula is C14H16N2O2. The minimum absolute atomic E-state index is 0.0995. The summed E-state index contributed by atoms with van der Waals surface area (Å²) in [6.07, 6.45) is 5.11. The Hall–Kier alpha value is -1.97. The van der Waals surface area contributed by atoms with Crippen molar-refractivity contribution in [3.8, 4) is 5.75 Å². The molecular weight excluding hydrogens is 228 g/mol. The monoisotopic (exact) mass is 244 g/mol. The van der Waals surface area contributed by atoms with Crippen molar-refractivity contribution in [1.29, 1.82) is 0 Å². The van der Waals surface area contributed by atoms with Crippen LogP contribution in [0.2, 0.25) is 0 Å². The number of rotatable bonds is 1. The summed E-state index contributed by atoms with van der Waals surface area (Å²) in [5.74, 6) is 0.954. The van der Waals surface area contributed by atoms with Crippen molar-refractivity contribution in [1.82, 2.24) is 4.90 Å². The summed E-state index contributed by atoms with van der Waals surface area (Å²) in [6.45, 7) is 2.07. The topological polar surface area (TPSA) is 32.8 Å². The van der Waals surface area contributed by atoms with Crippen molar-refractivity contribution in [3.63, 3.8) is 0 Å². The van der Waals surface area contributed by atoms with Crippen LogP contribution in [0.4, 0.5) is 5.69 Å². The minimum atomic E-state index is 0.0995. The Labute approximate surface area is 106 Å². The van der Waals surface area contributed by atoms with Crippen molar-refractivity contribution in [2.45, 2.75) is 6.42 Å². The number of hydrogen-bond acceptors (Lipinski definition) is 3. The Kier molecular flexibility index (Phi) is 2.70. The maximum absolute atomic E-state index is 12.3. The van der Waals surface area contributed by atoms with E-state index in [2.05, 4.69) is 6.08 Å². The molecule has 0 saturated heterocycles. The molecule has 3 rings (SSSR count). The molecule has 4 heteroatoms. The summed E-state index contributed by atoms with van der Waals surface area (Å²) < 4.78 is 5.48. The van der Waals surface area contributed by atoms with Crippen LogP contribution in [0.1, 0.15) is 16.8 Å². The number of carbonyl (C=O) groups excluding carboxylic acids is 1. The van der Waals surface area contributed by atoms with Crippen LogP contribution in [0.3, 0.4) is 0 Å². The van der Waals surface area contributed by atoms with Crippen LogP contribution in [0.25, 0.3) is 0 Å². The van der Waals surface area contributed by atoms with Gasteiger partial charge in [-0.25, -0.2) is 0 Å². The van der Waals surface area contributed by atoms with E-state index in [4.69, 9.17) is 4.74 Å². The first kappa shape index (κ1) is 11.1. The SMILES string of the molecule is CN1COc2ccc(C(=O)N3CC=CCC3)cc21. The lowest BCUT2D eigenvalue weighted by atomic mass is 10.1. The summed E-state index contributed by atoms with van der Waals surface area (Å²) in [6, 6.07) is 5.65. The Morgan fingerprint density at radius 2 is 2.22 bits per heavy atom. The van der Waals surface area contributed by atoms with E-state index in [-0.39, 0.29) is 5.91 Å². The molecule has 0 aliphatic carbocycles. The molecule has 94 valence electrons. The maximum Gasteiger partial charge on any atom is 0.254 e. The summed E-state index contributed by atoms with van der Waals surface area (Å²) in [5, 5.41) is 0. The van der Waals surface area contributed by atoms with Crippen molar-refractivity contribution in [3.05, 3.63) is 35.9 Å². The van der Waals surface area contributed by atoms with Crippen molar-refractivity contribution >= 4 is 11.6 Å². The van der Waals surface area contributed by atoms with E-state index in [1.807, 2.05) is 41.1 Å².